The monoisotopic (exact) mass is 322 g/mol. The Hall–Kier alpha value is -2.11. The summed E-state index contributed by atoms with van der Waals surface area (Å²) in [6.07, 6.45) is 1.78. The van der Waals surface area contributed by atoms with Crippen molar-refractivity contribution in [2.45, 2.75) is 38.6 Å². The van der Waals surface area contributed by atoms with Gasteiger partial charge < -0.3 is 15.0 Å². The van der Waals surface area contributed by atoms with Crippen LogP contribution >= 0.6 is 0 Å². The first-order valence-corrected chi connectivity index (χ1v) is 8.04. The van der Waals surface area contributed by atoms with E-state index in [0.29, 0.717) is 44.5 Å². The Morgan fingerprint density at radius 3 is 2.65 bits per heavy atom. The van der Waals surface area contributed by atoms with Gasteiger partial charge in [0.2, 0.25) is 5.91 Å². The lowest BCUT2D eigenvalue weighted by molar-refractivity contribution is -0.122. The number of halogens is 1. The molecule has 126 valence electrons. The molecule has 23 heavy (non-hydrogen) atoms. The van der Waals surface area contributed by atoms with Crippen LogP contribution in [0.25, 0.3) is 0 Å². The van der Waals surface area contributed by atoms with Crippen LogP contribution in [0.3, 0.4) is 0 Å². The molecule has 0 unspecified atom stereocenters. The highest BCUT2D eigenvalue weighted by Crippen LogP contribution is 2.13. The zero-order valence-corrected chi connectivity index (χ0v) is 13.4. The minimum Gasteiger partial charge on any atom is -0.450 e. The summed E-state index contributed by atoms with van der Waals surface area (Å²) in [6.45, 7) is 3.31. The summed E-state index contributed by atoms with van der Waals surface area (Å²) in [5.74, 6) is -0.356. The second-order valence-electron chi connectivity index (χ2n) is 5.62. The van der Waals surface area contributed by atoms with E-state index in [0.717, 1.165) is 0 Å². The molecule has 1 N–H and O–H groups in total. The molecule has 2 amide bonds. The quantitative estimate of drug-likeness (QED) is 0.906. The maximum Gasteiger partial charge on any atom is 0.409 e. The van der Waals surface area contributed by atoms with E-state index >= 15 is 0 Å². The summed E-state index contributed by atoms with van der Waals surface area (Å²) in [7, 11) is 0. The fourth-order valence-corrected chi connectivity index (χ4v) is 2.67. The third-order valence-corrected chi connectivity index (χ3v) is 3.97. The molecule has 0 aliphatic carbocycles. The first-order chi connectivity index (χ1) is 11.1. The number of carbonyl (C=O) groups excluding carboxylic acids is 2. The van der Waals surface area contributed by atoms with E-state index in [1.807, 2.05) is 0 Å². The highest BCUT2D eigenvalue weighted by molar-refractivity contribution is 5.76. The van der Waals surface area contributed by atoms with Gasteiger partial charge in [0.25, 0.3) is 0 Å². The van der Waals surface area contributed by atoms with E-state index < -0.39 is 0 Å². The molecule has 1 aliphatic rings. The van der Waals surface area contributed by atoms with Gasteiger partial charge in [0.1, 0.15) is 5.82 Å². The third kappa shape index (κ3) is 5.23. The molecular weight excluding hydrogens is 299 g/mol. The Labute approximate surface area is 135 Å². The Kier molecular flexibility index (Phi) is 6.38. The van der Waals surface area contributed by atoms with Crippen molar-refractivity contribution in [1.82, 2.24) is 10.2 Å². The van der Waals surface area contributed by atoms with Crippen LogP contribution in [-0.4, -0.2) is 42.6 Å². The largest absolute Gasteiger partial charge is 0.450 e. The zero-order valence-electron chi connectivity index (χ0n) is 13.4. The molecule has 1 aliphatic heterocycles. The predicted octanol–water partition coefficient (Wildman–Crippen LogP) is 2.50. The van der Waals surface area contributed by atoms with Gasteiger partial charge in [-0.2, -0.15) is 0 Å². The second kappa shape index (κ2) is 8.50. The molecule has 0 bridgehead atoms. The van der Waals surface area contributed by atoms with Crippen molar-refractivity contribution in [3.63, 3.8) is 0 Å². The highest BCUT2D eigenvalue weighted by atomic mass is 19.1. The topological polar surface area (TPSA) is 58.6 Å². The van der Waals surface area contributed by atoms with Crippen LogP contribution in [0.1, 0.15) is 31.7 Å². The van der Waals surface area contributed by atoms with Gasteiger partial charge in [0, 0.05) is 25.6 Å². The summed E-state index contributed by atoms with van der Waals surface area (Å²) >= 11 is 0. The molecule has 6 heteroatoms. The third-order valence-electron chi connectivity index (χ3n) is 3.97. The number of likely N-dealkylation sites (tertiary alicyclic amines) is 1. The standard InChI is InChI=1S/C17H23FN2O3/c1-2-23-17(22)20-11-9-14(10-12-20)19-16(21)8-7-13-5-3-4-6-15(13)18/h3-6,14H,2,7-12H2,1H3,(H,19,21). The molecule has 1 saturated heterocycles. The molecule has 0 spiro atoms. The van der Waals surface area contributed by atoms with E-state index in [-0.39, 0.29) is 30.3 Å². The number of nitrogens with zero attached hydrogens (tertiary/aromatic N) is 1. The number of hydrogen-bond acceptors (Lipinski definition) is 3. The number of piperidine rings is 1. The maximum absolute atomic E-state index is 13.5. The van der Waals surface area contributed by atoms with E-state index in [2.05, 4.69) is 5.32 Å². The normalized spacial score (nSPS) is 15.3. The van der Waals surface area contributed by atoms with Gasteiger partial charge in [-0.15, -0.1) is 0 Å². The molecule has 0 radical (unpaired) electrons. The average Bonchev–Trinajstić information content (AvgIpc) is 2.55. The lowest BCUT2D eigenvalue weighted by Crippen LogP contribution is -2.46. The van der Waals surface area contributed by atoms with E-state index in [1.54, 1.807) is 30.0 Å². The maximum atomic E-state index is 13.5. The Balaban J connectivity index is 1.71. The summed E-state index contributed by atoms with van der Waals surface area (Å²) in [4.78, 5) is 25.2. The lowest BCUT2D eigenvalue weighted by atomic mass is 10.0. The highest BCUT2D eigenvalue weighted by Gasteiger charge is 2.24. The summed E-state index contributed by atoms with van der Waals surface area (Å²) in [5, 5.41) is 2.96. The van der Waals surface area contributed by atoms with Crippen LogP contribution in [0.5, 0.6) is 0 Å². The fraction of sp³-hybridized carbons (Fsp3) is 0.529. The minimum atomic E-state index is -0.295. The Morgan fingerprint density at radius 1 is 1.30 bits per heavy atom. The molecule has 1 aromatic rings. The van der Waals surface area contributed by atoms with Crippen LogP contribution < -0.4 is 5.32 Å². The van der Waals surface area contributed by atoms with Crippen molar-refractivity contribution in [2.75, 3.05) is 19.7 Å². The van der Waals surface area contributed by atoms with Crippen molar-refractivity contribution < 1.29 is 18.7 Å². The number of nitrogens with one attached hydrogen (secondary N) is 1. The second-order valence-corrected chi connectivity index (χ2v) is 5.62. The van der Waals surface area contributed by atoms with E-state index in [9.17, 15) is 14.0 Å². The molecule has 1 heterocycles. The van der Waals surface area contributed by atoms with E-state index in [1.165, 1.54) is 6.07 Å². The number of hydrogen-bond donors (Lipinski definition) is 1. The van der Waals surface area contributed by atoms with Crippen molar-refractivity contribution in [2.24, 2.45) is 0 Å². The van der Waals surface area contributed by atoms with Gasteiger partial charge >= 0.3 is 6.09 Å². The van der Waals surface area contributed by atoms with Crippen LogP contribution in [0.4, 0.5) is 9.18 Å². The Morgan fingerprint density at radius 2 is 2.00 bits per heavy atom. The minimum absolute atomic E-state index is 0.0637. The first-order valence-electron chi connectivity index (χ1n) is 8.04. The number of carbonyl (C=O) groups is 2. The zero-order chi connectivity index (χ0) is 16.7. The van der Waals surface area contributed by atoms with Gasteiger partial charge in [-0.1, -0.05) is 18.2 Å². The van der Waals surface area contributed by atoms with Crippen LogP contribution in [0.2, 0.25) is 0 Å². The van der Waals surface area contributed by atoms with Gasteiger partial charge in [0.05, 0.1) is 6.61 Å². The van der Waals surface area contributed by atoms with Crippen molar-refractivity contribution in [1.29, 1.82) is 0 Å². The number of rotatable bonds is 5. The van der Waals surface area contributed by atoms with Crippen molar-refractivity contribution >= 4 is 12.0 Å². The molecule has 5 nitrogen and oxygen atoms in total. The van der Waals surface area contributed by atoms with Crippen molar-refractivity contribution in [3.05, 3.63) is 35.6 Å². The number of amides is 2. The molecule has 2 rings (SSSR count). The smallest absolute Gasteiger partial charge is 0.409 e. The molecule has 1 aromatic carbocycles. The lowest BCUT2D eigenvalue weighted by Gasteiger charge is -2.31. The van der Waals surface area contributed by atoms with Gasteiger partial charge in [-0.25, -0.2) is 9.18 Å². The van der Waals surface area contributed by atoms with Gasteiger partial charge in [-0.05, 0) is 37.8 Å². The van der Waals surface area contributed by atoms with Gasteiger partial charge in [-0.3, -0.25) is 4.79 Å². The number of ether oxygens (including phenoxy) is 1. The predicted molar refractivity (Wildman–Crippen MR) is 84.5 cm³/mol. The summed E-state index contributed by atoms with van der Waals surface area (Å²) < 4.78 is 18.5. The van der Waals surface area contributed by atoms with Gasteiger partial charge in [0.15, 0.2) is 0 Å². The SMILES string of the molecule is CCOC(=O)N1CCC(NC(=O)CCc2ccccc2F)CC1. The first kappa shape index (κ1) is 17.2. The Bertz CT molecular complexity index is 542. The fourth-order valence-electron chi connectivity index (χ4n) is 2.67. The van der Waals surface area contributed by atoms with Crippen molar-refractivity contribution in [3.8, 4) is 0 Å². The number of benzene rings is 1. The number of aryl methyl sites for hydroxylation is 1. The summed E-state index contributed by atoms with van der Waals surface area (Å²) in [5.41, 5.74) is 0.555. The molecular formula is C17H23FN2O3. The molecule has 0 atom stereocenters. The average molecular weight is 322 g/mol. The summed E-state index contributed by atoms with van der Waals surface area (Å²) in [6, 6.07) is 6.56. The van der Waals surface area contributed by atoms with Crippen LogP contribution in [0.15, 0.2) is 24.3 Å². The molecule has 1 fully saturated rings. The molecule has 0 saturated carbocycles. The van der Waals surface area contributed by atoms with E-state index in [4.69, 9.17) is 4.74 Å². The molecule has 0 aromatic heterocycles. The van der Waals surface area contributed by atoms with Crippen LogP contribution in [-0.2, 0) is 16.0 Å². The van der Waals surface area contributed by atoms with Crippen LogP contribution in [0, 0.1) is 5.82 Å².